The monoisotopic (exact) mass is 266 g/mol. The Morgan fingerprint density at radius 3 is 2.47 bits per heavy atom. The zero-order chi connectivity index (χ0) is 14.0. The van der Waals surface area contributed by atoms with Crippen LogP contribution in [0.2, 0.25) is 0 Å². The molecule has 6 unspecified atom stereocenters. The summed E-state index contributed by atoms with van der Waals surface area (Å²) in [5.74, 6) is 2.24. The zero-order valence-corrected chi connectivity index (χ0v) is 12.7. The van der Waals surface area contributed by atoms with Crippen LogP contribution in [0.4, 0.5) is 0 Å². The van der Waals surface area contributed by atoms with E-state index in [1.165, 1.54) is 12.8 Å². The molecule has 110 valence electrons. The third-order valence-corrected chi connectivity index (χ3v) is 5.58. The molecule has 0 aliphatic heterocycles. The lowest BCUT2D eigenvalue weighted by atomic mass is 9.75. The molecule has 0 spiro atoms. The second-order valence-corrected chi connectivity index (χ2v) is 7.04. The lowest BCUT2D eigenvalue weighted by Crippen LogP contribution is -2.48. The standard InChI is InChI=1S/C16H30N2O/c1-10-5-4-6-15(12(10)3)18-16(19)14-8-7-13(17)9-11(14)2/h10-15H,4-9,17H2,1-3H3,(H,18,19). The SMILES string of the molecule is CC1CC(N)CCC1C(=O)NC1CCCC(C)C1C. The Morgan fingerprint density at radius 1 is 1.05 bits per heavy atom. The summed E-state index contributed by atoms with van der Waals surface area (Å²) in [7, 11) is 0. The van der Waals surface area contributed by atoms with Crippen LogP contribution in [0.25, 0.3) is 0 Å². The molecule has 3 N–H and O–H groups in total. The van der Waals surface area contributed by atoms with Crippen LogP contribution in [-0.2, 0) is 4.79 Å². The molecule has 2 rings (SSSR count). The molecule has 0 saturated heterocycles. The van der Waals surface area contributed by atoms with Gasteiger partial charge in [-0.05, 0) is 43.4 Å². The quantitative estimate of drug-likeness (QED) is 0.807. The molecule has 1 amide bonds. The number of hydrogen-bond donors (Lipinski definition) is 2. The predicted molar refractivity (Wildman–Crippen MR) is 78.6 cm³/mol. The van der Waals surface area contributed by atoms with Crippen molar-refractivity contribution in [3.05, 3.63) is 0 Å². The van der Waals surface area contributed by atoms with Gasteiger partial charge in [0, 0.05) is 18.0 Å². The third kappa shape index (κ3) is 3.50. The molecule has 3 heteroatoms. The molecule has 2 fully saturated rings. The average Bonchev–Trinajstić information content (AvgIpc) is 2.34. The topological polar surface area (TPSA) is 55.1 Å². The number of nitrogens with two attached hydrogens (primary N) is 1. The minimum atomic E-state index is 0.184. The van der Waals surface area contributed by atoms with Gasteiger partial charge in [0.15, 0.2) is 0 Å². The van der Waals surface area contributed by atoms with Gasteiger partial charge in [0.05, 0.1) is 0 Å². The summed E-state index contributed by atoms with van der Waals surface area (Å²) in [6, 6.07) is 0.687. The van der Waals surface area contributed by atoms with Gasteiger partial charge < -0.3 is 11.1 Å². The minimum absolute atomic E-state index is 0.184. The predicted octanol–water partition coefficient (Wildman–Crippen LogP) is 2.69. The van der Waals surface area contributed by atoms with Crippen molar-refractivity contribution < 1.29 is 4.79 Å². The smallest absolute Gasteiger partial charge is 0.223 e. The zero-order valence-electron chi connectivity index (χ0n) is 12.7. The van der Waals surface area contributed by atoms with Crippen molar-refractivity contribution in [2.75, 3.05) is 0 Å². The molecular formula is C16H30N2O. The summed E-state index contributed by atoms with van der Waals surface area (Å²) in [6.07, 6.45) is 6.67. The van der Waals surface area contributed by atoms with Crippen molar-refractivity contribution in [3.8, 4) is 0 Å². The molecule has 0 heterocycles. The molecule has 0 bridgehead atoms. The van der Waals surface area contributed by atoms with Crippen LogP contribution in [0.3, 0.4) is 0 Å². The Kier molecular flexibility index (Phi) is 4.88. The van der Waals surface area contributed by atoms with E-state index in [4.69, 9.17) is 5.73 Å². The maximum absolute atomic E-state index is 12.5. The van der Waals surface area contributed by atoms with Gasteiger partial charge in [-0.25, -0.2) is 0 Å². The van der Waals surface area contributed by atoms with E-state index in [2.05, 4.69) is 26.1 Å². The van der Waals surface area contributed by atoms with Crippen LogP contribution in [0.15, 0.2) is 0 Å². The molecule has 2 saturated carbocycles. The highest BCUT2D eigenvalue weighted by Gasteiger charge is 2.34. The van der Waals surface area contributed by atoms with Gasteiger partial charge in [-0.3, -0.25) is 4.79 Å². The van der Waals surface area contributed by atoms with Crippen molar-refractivity contribution in [2.45, 2.75) is 71.4 Å². The molecular weight excluding hydrogens is 236 g/mol. The number of hydrogen-bond acceptors (Lipinski definition) is 2. The highest BCUT2D eigenvalue weighted by molar-refractivity contribution is 5.79. The fourth-order valence-corrected chi connectivity index (χ4v) is 3.90. The van der Waals surface area contributed by atoms with Crippen molar-refractivity contribution in [3.63, 3.8) is 0 Å². The summed E-state index contributed by atoms with van der Waals surface area (Å²) in [5, 5.41) is 3.33. The molecule has 0 aromatic rings. The van der Waals surface area contributed by atoms with Crippen molar-refractivity contribution >= 4 is 5.91 Å². The van der Waals surface area contributed by atoms with Gasteiger partial charge in [0.25, 0.3) is 0 Å². The first kappa shape index (κ1) is 14.8. The first-order valence-corrected chi connectivity index (χ1v) is 8.05. The Morgan fingerprint density at radius 2 is 1.79 bits per heavy atom. The Hall–Kier alpha value is -0.570. The van der Waals surface area contributed by atoms with Gasteiger partial charge >= 0.3 is 0 Å². The summed E-state index contributed by atoms with van der Waals surface area (Å²) in [4.78, 5) is 12.5. The fourth-order valence-electron chi connectivity index (χ4n) is 3.90. The molecule has 6 atom stereocenters. The lowest BCUT2D eigenvalue weighted by Gasteiger charge is -2.37. The summed E-state index contributed by atoms with van der Waals surface area (Å²) < 4.78 is 0. The summed E-state index contributed by atoms with van der Waals surface area (Å²) >= 11 is 0. The second-order valence-electron chi connectivity index (χ2n) is 7.04. The third-order valence-electron chi connectivity index (χ3n) is 5.58. The van der Waals surface area contributed by atoms with Gasteiger partial charge in [-0.1, -0.05) is 33.6 Å². The molecule has 0 aromatic carbocycles. The van der Waals surface area contributed by atoms with Crippen LogP contribution in [0.1, 0.15) is 59.3 Å². The van der Waals surface area contributed by atoms with E-state index in [1.54, 1.807) is 0 Å². The van der Waals surface area contributed by atoms with Gasteiger partial charge in [0.1, 0.15) is 0 Å². The minimum Gasteiger partial charge on any atom is -0.353 e. The highest BCUT2D eigenvalue weighted by atomic mass is 16.2. The Bertz CT molecular complexity index is 318. The maximum atomic E-state index is 12.5. The van der Waals surface area contributed by atoms with Gasteiger partial charge in [-0.2, -0.15) is 0 Å². The maximum Gasteiger partial charge on any atom is 0.223 e. The van der Waals surface area contributed by atoms with Crippen LogP contribution in [0.5, 0.6) is 0 Å². The summed E-state index contributed by atoms with van der Waals surface area (Å²) in [5.41, 5.74) is 5.98. The second kappa shape index (κ2) is 6.25. The largest absolute Gasteiger partial charge is 0.353 e. The molecule has 0 radical (unpaired) electrons. The lowest BCUT2D eigenvalue weighted by molar-refractivity contribution is -0.129. The van der Waals surface area contributed by atoms with E-state index < -0.39 is 0 Å². The number of carbonyl (C=O) groups excluding carboxylic acids is 1. The molecule has 2 aliphatic rings. The van der Waals surface area contributed by atoms with Gasteiger partial charge in [-0.15, -0.1) is 0 Å². The van der Waals surface area contributed by atoms with E-state index in [-0.39, 0.29) is 11.8 Å². The first-order valence-electron chi connectivity index (χ1n) is 8.05. The van der Waals surface area contributed by atoms with Crippen LogP contribution >= 0.6 is 0 Å². The average molecular weight is 266 g/mol. The number of nitrogens with one attached hydrogen (secondary N) is 1. The molecule has 3 nitrogen and oxygen atoms in total. The number of amides is 1. The van der Waals surface area contributed by atoms with E-state index in [9.17, 15) is 4.79 Å². The van der Waals surface area contributed by atoms with E-state index >= 15 is 0 Å². The Balaban J connectivity index is 1.89. The van der Waals surface area contributed by atoms with Crippen LogP contribution in [0, 0.1) is 23.7 Å². The molecule has 2 aliphatic carbocycles. The van der Waals surface area contributed by atoms with Crippen LogP contribution in [-0.4, -0.2) is 18.0 Å². The summed E-state index contributed by atoms with van der Waals surface area (Å²) in [6.45, 7) is 6.77. The normalized spacial score (nSPS) is 43.8. The van der Waals surface area contributed by atoms with E-state index in [0.29, 0.717) is 23.9 Å². The highest BCUT2D eigenvalue weighted by Crippen LogP contribution is 2.32. The van der Waals surface area contributed by atoms with E-state index in [1.807, 2.05) is 0 Å². The molecule has 19 heavy (non-hydrogen) atoms. The van der Waals surface area contributed by atoms with Crippen molar-refractivity contribution in [2.24, 2.45) is 29.4 Å². The number of carbonyl (C=O) groups is 1. The molecule has 0 aromatic heterocycles. The van der Waals surface area contributed by atoms with Crippen molar-refractivity contribution in [1.29, 1.82) is 0 Å². The fraction of sp³-hybridized carbons (Fsp3) is 0.938. The number of rotatable bonds is 2. The Labute approximate surface area is 117 Å². The van der Waals surface area contributed by atoms with Crippen molar-refractivity contribution in [1.82, 2.24) is 5.32 Å². The first-order chi connectivity index (χ1) is 8.99. The van der Waals surface area contributed by atoms with Gasteiger partial charge in [0.2, 0.25) is 5.91 Å². The van der Waals surface area contributed by atoms with Crippen LogP contribution < -0.4 is 11.1 Å². The van der Waals surface area contributed by atoms with E-state index in [0.717, 1.165) is 31.6 Å².